The maximum Gasteiger partial charge on any atom is 0.330 e. The molecule has 0 aromatic carbocycles. The average Bonchev–Trinajstić information content (AvgIpc) is 2.83. The molecule has 1 amide bonds. The monoisotopic (exact) mass is 475 g/mol. The van der Waals surface area contributed by atoms with Crippen LogP contribution in [0.1, 0.15) is 57.9 Å². The predicted molar refractivity (Wildman–Crippen MR) is 129 cm³/mol. The standard InChI is InChI=1S/C25H37N3O6/c1-4-18(5-2)12-13-20(29)17-28-14-8-9-19(25(28)33)15-22(30)21(27-23(31)16-26)10-6-7-11-24(32)34-3/h7-9,11,14,18,21H,4-6,10,12-13,15-17,26H2,1-3H3,(H,27,31)/b11-7+/t21-/m0/s1. The van der Waals surface area contributed by atoms with Crippen LogP contribution in [0.4, 0.5) is 0 Å². The molecule has 0 spiro atoms. The number of rotatable bonds is 16. The Balaban J connectivity index is 2.86. The van der Waals surface area contributed by atoms with Crippen molar-refractivity contribution in [2.75, 3.05) is 13.7 Å². The highest BCUT2D eigenvalue weighted by molar-refractivity contribution is 5.90. The normalized spacial score (nSPS) is 12.0. The summed E-state index contributed by atoms with van der Waals surface area (Å²) in [7, 11) is 1.26. The average molecular weight is 476 g/mol. The van der Waals surface area contributed by atoms with Gasteiger partial charge in [-0.3, -0.25) is 19.2 Å². The number of methoxy groups -OCH3 is 1. The molecule has 1 aromatic heterocycles. The molecule has 0 radical (unpaired) electrons. The van der Waals surface area contributed by atoms with Crippen LogP contribution in [0.25, 0.3) is 0 Å². The van der Waals surface area contributed by atoms with Crippen LogP contribution in [-0.2, 0) is 36.9 Å². The Morgan fingerprint density at radius 2 is 1.88 bits per heavy atom. The molecule has 34 heavy (non-hydrogen) atoms. The minimum atomic E-state index is -0.868. The number of nitrogens with one attached hydrogen (secondary N) is 1. The van der Waals surface area contributed by atoms with Gasteiger partial charge in [0, 0.05) is 30.7 Å². The van der Waals surface area contributed by atoms with Gasteiger partial charge in [-0.25, -0.2) is 4.79 Å². The summed E-state index contributed by atoms with van der Waals surface area (Å²) in [4.78, 5) is 61.1. The fourth-order valence-corrected chi connectivity index (χ4v) is 3.56. The number of carbonyl (C=O) groups is 4. The molecule has 9 heteroatoms. The molecule has 0 saturated carbocycles. The van der Waals surface area contributed by atoms with Crippen molar-refractivity contribution >= 4 is 23.4 Å². The van der Waals surface area contributed by atoms with Crippen LogP contribution in [0.5, 0.6) is 0 Å². The van der Waals surface area contributed by atoms with E-state index >= 15 is 0 Å². The van der Waals surface area contributed by atoms with Gasteiger partial charge >= 0.3 is 5.97 Å². The fourth-order valence-electron chi connectivity index (χ4n) is 3.56. The zero-order valence-corrected chi connectivity index (χ0v) is 20.4. The topological polar surface area (TPSA) is 138 Å². The molecule has 0 aliphatic heterocycles. The van der Waals surface area contributed by atoms with E-state index in [1.165, 1.54) is 23.9 Å². The Bertz CT molecular complexity index is 917. The molecule has 0 fully saturated rings. The van der Waals surface area contributed by atoms with Crippen molar-refractivity contribution in [1.82, 2.24) is 9.88 Å². The third-order valence-corrected chi connectivity index (χ3v) is 5.78. The summed E-state index contributed by atoms with van der Waals surface area (Å²) in [6, 6.07) is 2.31. The fraction of sp³-hybridized carbons (Fsp3) is 0.560. The van der Waals surface area contributed by atoms with Gasteiger partial charge in [0.15, 0.2) is 11.6 Å². The molecule has 1 rings (SSSR count). The first kappa shape index (κ1) is 29.0. The van der Waals surface area contributed by atoms with E-state index in [-0.39, 0.29) is 43.1 Å². The number of Topliss-reactive ketones (excluding diaryl/α,β-unsaturated/α-hetero) is 2. The van der Waals surface area contributed by atoms with E-state index < -0.39 is 23.5 Å². The minimum absolute atomic E-state index is 0.0250. The lowest BCUT2D eigenvalue weighted by Crippen LogP contribution is -2.44. The second kappa shape index (κ2) is 15.7. The summed E-state index contributed by atoms with van der Waals surface area (Å²) in [6.45, 7) is 3.89. The van der Waals surface area contributed by atoms with Crippen LogP contribution in [-0.4, -0.2) is 47.7 Å². The molecular weight excluding hydrogens is 438 g/mol. The van der Waals surface area contributed by atoms with Crippen LogP contribution in [0.2, 0.25) is 0 Å². The SMILES string of the molecule is CCC(CC)CCC(=O)Cn1cccc(CC(=O)[C@H](CC/C=C/C(=O)OC)NC(=O)CN)c1=O. The van der Waals surface area contributed by atoms with Crippen molar-refractivity contribution in [1.29, 1.82) is 0 Å². The first-order valence-corrected chi connectivity index (χ1v) is 11.7. The molecule has 0 saturated heterocycles. The number of carbonyl (C=O) groups excluding carboxylic acids is 4. The molecule has 0 aliphatic rings. The van der Waals surface area contributed by atoms with Gasteiger partial charge in [0.2, 0.25) is 5.91 Å². The van der Waals surface area contributed by atoms with Crippen LogP contribution >= 0.6 is 0 Å². The van der Waals surface area contributed by atoms with Crippen LogP contribution in [0, 0.1) is 5.92 Å². The Morgan fingerprint density at radius 1 is 1.18 bits per heavy atom. The van der Waals surface area contributed by atoms with E-state index in [4.69, 9.17) is 5.73 Å². The van der Waals surface area contributed by atoms with E-state index in [9.17, 15) is 24.0 Å². The first-order chi connectivity index (χ1) is 16.2. The number of hydrogen-bond acceptors (Lipinski definition) is 7. The van der Waals surface area contributed by atoms with Gasteiger partial charge in [-0.2, -0.15) is 0 Å². The zero-order chi connectivity index (χ0) is 25.5. The highest BCUT2D eigenvalue weighted by atomic mass is 16.5. The zero-order valence-electron chi connectivity index (χ0n) is 20.4. The maximum absolute atomic E-state index is 12.9. The van der Waals surface area contributed by atoms with E-state index in [1.807, 2.05) is 0 Å². The van der Waals surface area contributed by atoms with Crippen molar-refractivity contribution in [3.63, 3.8) is 0 Å². The Labute approximate surface area is 200 Å². The number of aromatic nitrogens is 1. The van der Waals surface area contributed by atoms with Gasteiger partial charge < -0.3 is 20.4 Å². The van der Waals surface area contributed by atoms with Crippen molar-refractivity contribution in [3.8, 4) is 0 Å². The number of pyridine rings is 1. The minimum Gasteiger partial charge on any atom is -0.466 e. The van der Waals surface area contributed by atoms with Gasteiger partial charge in [0.1, 0.15) is 0 Å². The maximum atomic E-state index is 12.9. The Kier molecular flexibility index (Phi) is 13.4. The summed E-state index contributed by atoms with van der Waals surface area (Å²) in [5.74, 6) is -0.907. The van der Waals surface area contributed by atoms with E-state index in [0.717, 1.165) is 19.3 Å². The lowest BCUT2D eigenvalue weighted by Gasteiger charge is -2.17. The second-order valence-electron chi connectivity index (χ2n) is 8.20. The van der Waals surface area contributed by atoms with E-state index in [0.29, 0.717) is 18.8 Å². The Hall–Kier alpha value is -3.07. The number of nitrogens with two attached hydrogens (primary N) is 1. The highest BCUT2D eigenvalue weighted by Crippen LogP contribution is 2.15. The van der Waals surface area contributed by atoms with Crippen molar-refractivity contribution in [2.45, 2.75) is 71.4 Å². The number of hydrogen-bond donors (Lipinski definition) is 2. The van der Waals surface area contributed by atoms with Crippen LogP contribution < -0.4 is 16.6 Å². The van der Waals surface area contributed by atoms with Crippen molar-refractivity contribution < 1.29 is 23.9 Å². The van der Waals surface area contributed by atoms with Crippen molar-refractivity contribution in [3.05, 3.63) is 46.4 Å². The quantitative estimate of drug-likeness (QED) is 0.274. The number of nitrogens with zero attached hydrogens (tertiary/aromatic N) is 1. The lowest BCUT2D eigenvalue weighted by molar-refractivity contribution is -0.134. The molecular formula is C25H37N3O6. The summed E-state index contributed by atoms with van der Waals surface area (Å²) in [6.07, 6.45) is 7.93. The number of esters is 1. The highest BCUT2D eigenvalue weighted by Gasteiger charge is 2.21. The number of allylic oxidation sites excluding steroid dienone is 1. The van der Waals surface area contributed by atoms with Gasteiger partial charge in [-0.1, -0.05) is 38.8 Å². The van der Waals surface area contributed by atoms with Crippen LogP contribution in [0.15, 0.2) is 35.3 Å². The predicted octanol–water partition coefficient (Wildman–Crippen LogP) is 1.70. The van der Waals surface area contributed by atoms with Gasteiger partial charge in [-0.15, -0.1) is 0 Å². The molecule has 0 aliphatic carbocycles. The summed E-state index contributed by atoms with van der Waals surface area (Å²) >= 11 is 0. The summed E-state index contributed by atoms with van der Waals surface area (Å²) in [5.41, 5.74) is 5.20. The van der Waals surface area contributed by atoms with E-state index in [2.05, 4.69) is 23.9 Å². The summed E-state index contributed by atoms with van der Waals surface area (Å²) < 4.78 is 5.84. The number of amides is 1. The molecule has 1 heterocycles. The molecule has 188 valence electrons. The number of ether oxygens (including phenoxy) is 1. The lowest BCUT2D eigenvalue weighted by atomic mass is 9.96. The van der Waals surface area contributed by atoms with Gasteiger partial charge in [0.05, 0.1) is 26.2 Å². The molecule has 1 atom stereocenters. The second-order valence-corrected chi connectivity index (χ2v) is 8.20. The van der Waals surface area contributed by atoms with Gasteiger partial charge in [0.25, 0.3) is 5.56 Å². The first-order valence-electron chi connectivity index (χ1n) is 11.7. The largest absolute Gasteiger partial charge is 0.466 e. The van der Waals surface area contributed by atoms with Gasteiger partial charge in [-0.05, 0) is 31.2 Å². The Morgan fingerprint density at radius 3 is 2.50 bits per heavy atom. The van der Waals surface area contributed by atoms with Crippen LogP contribution in [0.3, 0.4) is 0 Å². The third kappa shape index (κ3) is 10.2. The molecule has 1 aromatic rings. The molecule has 3 N–H and O–H groups in total. The third-order valence-electron chi connectivity index (χ3n) is 5.78. The molecule has 0 bridgehead atoms. The van der Waals surface area contributed by atoms with E-state index in [1.54, 1.807) is 18.2 Å². The smallest absolute Gasteiger partial charge is 0.330 e. The summed E-state index contributed by atoms with van der Waals surface area (Å²) in [5, 5.41) is 2.57. The molecule has 9 nitrogen and oxygen atoms in total. The van der Waals surface area contributed by atoms with Crippen molar-refractivity contribution in [2.24, 2.45) is 11.7 Å². The molecule has 0 unspecified atom stereocenters. The number of ketones is 2.